The second kappa shape index (κ2) is 5.96. The zero-order chi connectivity index (χ0) is 16.5. The molecule has 1 amide bonds. The molecule has 2 aromatic heterocycles. The number of carbonyl (C=O) groups excluding carboxylic acids is 1. The van der Waals surface area contributed by atoms with Crippen molar-refractivity contribution >= 4 is 5.91 Å². The minimum atomic E-state index is -0.0259. The number of H-pyrrole nitrogens is 1. The van der Waals surface area contributed by atoms with Gasteiger partial charge in [-0.05, 0) is 61.6 Å². The maximum absolute atomic E-state index is 12.6. The third-order valence-electron chi connectivity index (χ3n) is 4.56. The molecule has 6 nitrogen and oxygen atoms in total. The first-order chi connectivity index (χ1) is 11.7. The van der Waals surface area contributed by atoms with Gasteiger partial charge in [0, 0.05) is 29.7 Å². The van der Waals surface area contributed by atoms with Crippen molar-refractivity contribution in [3.05, 3.63) is 65.2 Å². The van der Waals surface area contributed by atoms with E-state index in [1.807, 2.05) is 43.6 Å². The Labute approximate surface area is 139 Å². The molecule has 0 saturated carbocycles. The largest absolute Gasteiger partial charge is 0.349 e. The Bertz CT molecular complexity index is 865. The lowest BCUT2D eigenvalue weighted by atomic mass is 9.93. The predicted octanol–water partition coefficient (Wildman–Crippen LogP) is 2.19. The molecule has 0 saturated heterocycles. The van der Waals surface area contributed by atoms with Gasteiger partial charge in [0.05, 0.1) is 11.9 Å². The van der Waals surface area contributed by atoms with Crippen LogP contribution in [0.15, 0.2) is 42.9 Å². The lowest BCUT2D eigenvalue weighted by Crippen LogP contribution is -2.38. The van der Waals surface area contributed by atoms with Crippen molar-refractivity contribution in [2.24, 2.45) is 0 Å². The summed E-state index contributed by atoms with van der Waals surface area (Å²) < 4.78 is 1.80. The van der Waals surface area contributed by atoms with Gasteiger partial charge in [-0.25, -0.2) is 4.68 Å². The number of fused-ring (bicyclic) bond motifs is 1. The fourth-order valence-corrected chi connectivity index (χ4v) is 3.27. The summed E-state index contributed by atoms with van der Waals surface area (Å²) in [6.45, 7) is 1.99. The molecule has 1 unspecified atom stereocenters. The molecule has 2 N–H and O–H groups in total. The van der Waals surface area contributed by atoms with Gasteiger partial charge >= 0.3 is 0 Å². The first-order valence-corrected chi connectivity index (χ1v) is 8.13. The van der Waals surface area contributed by atoms with Crippen molar-refractivity contribution in [3.8, 4) is 5.69 Å². The van der Waals surface area contributed by atoms with Crippen LogP contribution in [0.25, 0.3) is 5.69 Å². The molecule has 0 spiro atoms. The Morgan fingerprint density at radius 1 is 1.42 bits per heavy atom. The highest BCUT2D eigenvalue weighted by atomic mass is 16.1. The van der Waals surface area contributed by atoms with Crippen molar-refractivity contribution in [2.45, 2.75) is 32.2 Å². The molecule has 3 aromatic rings. The summed E-state index contributed by atoms with van der Waals surface area (Å²) in [5.41, 5.74) is 5.09. The van der Waals surface area contributed by atoms with Gasteiger partial charge in [-0.15, -0.1) is 0 Å². The standard InChI is InChI=1S/C18H19N5O/c1-12-9-13(3-6-17(12)23-8-2-7-20-23)18(24)21-15-4-5-16-14(10-15)11-19-22-16/h2-3,6-9,11,15H,4-5,10H2,1H3,(H,19,22)(H,21,24). The lowest BCUT2D eigenvalue weighted by Gasteiger charge is -2.23. The minimum Gasteiger partial charge on any atom is -0.349 e. The van der Waals surface area contributed by atoms with Gasteiger partial charge in [0.1, 0.15) is 0 Å². The highest BCUT2D eigenvalue weighted by molar-refractivity contribution is 5.94. The molecule has 1 aliphatic rings. The van der Waals surface area contributed by atoms with Crippen molar-refractivity contribution in [3.63, 3.8) is 0 Å². The minimum absolute atomic E-state index is 0.0259. The van der Waals surface area contributed by atoms with Crippen LogP contribution in [0.2, 0.25) is 0 Å². The lowest BCUT2D eigenvalue weighted by molar-refractivity contribution is 0.0933. The van der Waals surface area contributed by atoms with E-state index in [4.69, 9.17) is 0 Å². The number of hydrogen-bond donors (Lipinski definition) is 2. The van der Waals surface area contributed by atoms with E-state index in [1.54, 1.807) is 10.9 Å². The van der Waals surface area contributed by atoms with Crippen LogP contribution in [-0.4, -0.2) is 31.9 Å². The number of aromatic amines is 1. The van der Waals surface area contributed by atoms with E-state index in [0.29, 0.717) is 5.56 Å². The summed E-state index contributed by atoms with van der Waals surface area (Å²) in [7, 11) is 0. The fraction of sp³-hybridized carbons (Fsp3) is 0.278. The second-order valence-corrected chi connectivity index (χ2v) is 6.24. The summed E-state index contributed by atoms with van der Waals surface area (Å²) in [6.07, 6.45) is 8.20. The number of aryl methyl sites for hydroxylation is 2. The van der Waals surface area contributed by atoms with Gasteiger partial charge in [-0.3, -0.25) is 9.89 Å². The number of nitrogens with one attached hydrogen (secondary N) is 2. The fourth-order valence-electron chi connectivity index (χ4n) is 3.27. The van der Waals surface area contributed by atoms with Crippen molar-refractivity contribution < 1.29 is 4.79 Å². The van der Waals surface area contributed by atoms with Crippen LogP contribution in [0, 0.1) is 6.92 Å². The van der Waals surface area contributed by atoms with Gasteiger partial charge in [0.25, 0.3) is 5.91 Å². The summed E-state index contributed by atoms with van der Waals surface area (Å²) in [5.74, 6) is -0.0259. The van der Waals surface area contributed by atoms with E-state index in [1.165, 1.54) is 11.3 Å². The van der Waals surface area contributed by atoms with Crippen LogP contribution in [-0.2, 0) is 12.8 Å². The molecule has 0 aliphatic heterocycles. The molecule has 0 fully saturated rings. The summed E-state index contributed by atoms with van der Waals surface area (Å²) in [6, 6.07) is 7.75. The predicted molar refractivity (Wildman–Crippen MR) is 90.2 cm³/mol. The van der Waals surface area contributed by atoms with E-state index < -0.39 is 0 Å². The quantitative estimate of drug-likeness (QED) is 0.776. The van der Waals surface area contributed by atoms with Crippen molar-refractivity contribution in [1.82, 2.24) is 25.3 Å². The van der Waals surface area contributed by atoms with E-state index in [2.05, 4.69) is 20.6 Å². The van der Waals surface area contributed by atoms with Gasteiger partial charge < -0.3 is 5.32 Å². The highest BCUT2D eigenvalue weighted by Gasteiger charge is 2.22. The summed E-state index contributed by atoms with van der Waals surface area (Å²) in [5, 5.41) is 14.5. The Morgan fingerprint density at radius 2 is 2.33 bits per heavy atom. The first kappa shape index (κ1) is 14.7. The number of nitrogens with zero attached hydrogens (tertiary/aromatic N) is 3. The number of rotatable bonds is 3. The van der Waals surface area contributed by atoms with Crippen LogP contribution >= 0.6 is 0 Å². The molecule has 0 radical (unpaired) electrons. The molecule has 1 atom stereocenters. The number of carbonyl (C=O) groups is 1. The molecule has 24 heavy (non-hydrogen) atoms. The number of hydrogen-bond acceptors (Lipinski definition) is 3. The van der Waals surface area contributed by atoms with Gasteiger partial charge in [-0.1, -0.05) is 0 Å². The van der Waals surface area contributed by atoms with Crippen molar-refractivity contribution in [1.29, 1.82) is 0 Å². The molecule has 1 aromatic carbocycles. The Morgan fingerprint density at radius 3 is 3.12 bits per heavy atom. The Kier molecular flexibility index (Phi) is 3.65. The van der Waals surface area contributed by atoms with Crippen LogP contribution in [0.5, 0.6) is 0 Å². The zero-order valence-corrected chi connectivity index (χ0v) is 13.5. The molecule has 1 aliphatic carbocycles. The zero-order valence-electron chi connectivity index (χ0n) is 13.5. The smallest absolute Gasteiger partial charge is 0.251 e. The second-order valence-electron chi connectivity index (χ2n) is 6.24. The molecular formula is C18H19N5O. The Hall–Kier alpha value is -2.89. The average Bonchev–Trinajstić information content (AvgIpc) is 3.25. The normalized spacial score (nSPS) is 16.6. The SMILES string of the molecule is Cc1cc(C(=O)NC2CCc3[nH]ncc3C2)ccc1-n1cccn1. The maximum atomic E-state index is 12.6. The first-order valence-electron chi connectivity index (χ1n) is 8.13. The molecule has 2 heterocycles. The van der Waals surface area contributed by atoms with E-state index in [0.717, 1.165) is 30.5 Å². The van der Waals surface area contributed by atoms with Gasteiger partial charge in [0.2, 0.25) is 0 Å². The third-order valence-corrected chi connectivity index (χ3v) is 4.56. The molecule has 4 rings (SSSR count). The molecule has 122 valence electrons. The van der Waals surface area contributed by atoms with E-state index >= 15 is 0 Å². The van der Waals surface area contributed by atoms with Crippen molar-refractivity contribution in [2.75, 3.05) is 0 Å². The number of aromatic nitrogens is 4. The Balaban J connectivity index is 1.48. The maximum Gasteiger partial charge on any atom is 0.251 e. The number of benzene rings is 1. The van der Waals surface area contributed by atoms with E-state index in [9.17, 15) is 4.79 Å². The van der Waals surface area contributed by atoms with E-state index in [-0.39, 0.29) is 11.9 Å². The van der Waals surface area contributed by atoms with Crippen LogP contribution in [0.4, 0.5) is 0 Å². The number of amides is 1. The van der Waals surface area contributed by atoms with Crippen LogP contribution in [0.3, 0.4) is 0 Å². The average molecular weight is 321 g/mol. The van der Waals surface area contributed by atoms with Crippen LogP contribution in [0.1, 0.15) is 33.6 Å². The van der Waals surface area contributed by atoms with Crippen LogP contribution < -0.4 is 5.32 Å². The molecule has 0 bridgehead atoms. The van der Waals surface area contributed by atoms with Gasteiger partial charge in [0.15, 0.2) is 0 Å². The third kappa shape index (κ3) is 2.71. The summed E-state index contributed by atoms with van der Waals surface area (Å²) in [4.78, 5) is 12.6. The van der Waals surface area contributed by atoms with Gasteiger partial charge in [-0.2, -0.15) is 10.2 Å². The molecule has 6 heteroatoms. The topological polar surface area (TPSA) is 75.6 Å². The highest BCUT2D eigenvalue weighted by Crippen LogP contribution is 2.20. The monoisotopic (exact) mass is 321 g/mol. The summed E-state index contributed by atoms with van der Waals surface area (Å²) >= 11 is 0. The molecular weight excluding hydrogens is 302 g/mol.